The van der Waals surface area contributed by atoms with Crippen molar-refractivity contribution in [3.8, 4) is 5.88 Å². The van der Waals surface area contributed by atoms with Gasteiger partial charge in [0, 0.05) is 24.8 Å². The third kappa shape index (κ3) is 3.96. The van der Waals surface area contributed by atoms with Crippen molar-refractivity contribution in [3.05, 3.63) is 58.7 Å². The largest absolute Gasteiger partial charge is 0.470 e. The summed E-state index contributed by atoms with van der Waals surface area (Å²) in [6.07, 6.45) is 4.15. The van der Waals surface area contributed by atoms with Crippen LogP contribution in [0.2, 0.25) is 5.02 Å². The van der Waals surface area contributed by atoms with Crippen LogP contribution in [0, 0.1) is 0 Å². The number of hydrogen-bond acceptors (Lipinski definition) is 3. The van der Waals surface area contributed by atoms with Gasteiger partial charge in [-0.1, -0.05) is 41.9 Å². The average molecular weight is 303 g/mol. The lowest BCUT2D eigenvalue weighted by atomic mass is 10.1. The monoisotopic (exact) mass is 302 g/mol. The molecule has 0 amide bonds. The second-order valence-corrected chi connectivity index (χ2v) is 5.85. The Bertz CT molecular complexity index is 599. The number of hydrogen-bond donors (Lipinski definition) is 1. The highest BCUT2D eigenvalue weighted by Crippen LogP contribution is 2.25. The Morgan fingerprint density at radius 2 is 2.10 bits per heavy atom. The first-order valence-corrected chi connectivity index (χ1v) is 7.69. The van der Waals surface area contributed by atoms with E-state index >= 15 is 0 Å². The lowest BCUT2D eigenvalue weighted by Gasteiger charge is -2.15. The molecule has 3 nitrogen and oxygen atoms in total. The quantitative estimate of drug-likeness (QED) is 0.871. The predicted molar refractivity (Wildman–Crippen MR) is 84.6 cm³/mol. The van der Waals surface area contributed by atoms with Crippen molar-refractivity contribution in [1.82, 2.24) is 10.3 Å². The average Bonchev–Trinajstić information content (AvgIpc) is 3.33. The van der Waals surface area contributed by atoms with Gasteiger partial charge in [-0.2, -0.15) is 0 Å². The van der Waals surface area contributed by atoms with Crippen molar-refractivity contribution in [1.29, 1.82) is 0 Å². The Kier molecular flexibility index (Phi) is 4.42. The number of benzene rings is 1. The highest BCUT2D eigenvalue weighted by molar-refractivity contribution is 6.31. The number of nitrogens with one attached hydrogen (secondary N) is 1. The summed E-state index contributed by atoms with van der Waals surface area (Å²) in [5.41, 5.74) is 2.17. The summed E-state index contributed by atoms with van der Waals surface area (Å²) in [4.78, 5) is 4.27. The van der Waals surface area contributed by atoms with Gasteiger partial charge >= 0.3 is 0 Å². The first kappa shape index (κ1) is 14.4. The maximum Gasteiger partial charge on any atom is 0.214 e. The van der Waals surface area contributed by atoms with Crippen LogP contribution in [-0.2, 0) is 6.54 Å². The fraction of sp³-hybridized carbons (Fsp3) is 0.353. The summed E-state index contributed by atoms with van der Waals surface area (Å²) in [6, 6.07) is 12.7. The molecule has 1 saturated carbocycles. The summed E-state index contributed by atoms with van der Waals surface area (Å²) in [7, 11) is 0. The van der Waals surface area contributed by atoms with E-state index in [9.17, 15) is 0 Å². The summed E-state index contributed by atoms with van der Waals surface area (Å²) in [5.74, 6) is 0.614. The molecule has 0 bridgehead atoms. The molecule has 1 aromatic carbocycles. The van der Waals surface area contributed by atoms with Crippen LogP contribution in [0.5, 0.6) is 5.88 Å². The molecule has 1 aliphatic rings. The van der Waals surface area contributed by atoms with Crippen LogP contribution in [0.4, 0.5) is 0 Å². The van der Waals surface area contributed by atoms with Crippen molar-refractivity contribution in [2.75, 3.05) is 0 Å². The zero-order chi connectivity index (χ0) is 14.7. The zero-order valence-corrected chi connectivity index (χ0v) is 12.8. The lowest BCUT2D eigenvalue weighted by molar-refractivity contribution is 0.217. The predicted octanol–water partition coefficient (Wildman–Crippen LogP) is 4.13. The Morgan fingerprint density at radius 3 is 2.81 bits per heavy atom. The minimum absolute atomic E-state index is 0.0379. The normalized spacial score (nSPS) is 15.7. The van der Waals surface area contributed by atoms with Crippen molar-refractivity contribution in [2.45, 2.75) is 38.5 Å². The summed E-state index contributed by atoms with van der Waals surface area (Å²) < 4.78 is 5.92. The van der Waals surface area contributed by atoms with Gasteiger partial charge in [0.05, 0.1) is 5.02 Å². The van der Waals surface area contributed by atoms with Crippen LogP contribution in [0.25, 0.3) is 0 Å². The molecule has 110 valence electrons. The molecule has 1 aromatic heterocycles. The van der Waals surface area contributed by atoms with Crippen molar-refractivity contribution in [2.24, 2.45) is 0 Å². The fourth-order valence-corrected chi connectivity index (χ4v) is 2.34. The van der Waals surface area contributed by atoms with Crippen LogP contribution in [0.3, 0.4) is 0 Å². The number of halogens is 1. The van der Waals surface area contributed by atoms with Gasteiger partial charge < -0.3 is 10.1 Å². The first-order chi connectivity index (χ1) is 10.2. The molecular weight excluding hydrogens is 284 g/mol. The molecule has 0 radical (unpaired) electrons. The zero-order valence-electron chi connectivity index (χ0n) is 12.1. The number of ether oxygens (including phenoxy) is 1. The highest BCUT2D eigenvalue weighted by Gasteiger charge is 2.20. The van der Waals surface area contributed by atoms with Crippen LogP contribution in [0.1, 0.15) is 37.0 Å². The van der Waals surface area contributed by atoms with Crippen LogP contribution in [-0.4, -0.2) is 11.0 Å². The molecule has 0 aliphatic heterocycles. The summed E-state index contributed by atoms with van der Waals surface area (Å²) >= 11 is 6.20. The van der Waals surface area contributed by atoms with Crippen molar-refractivity contribution >= 4 is 11.6 Å². The van der Waals surface area contributed by atoms with Gasteiger partial charge in [0.15, 0.2) is 0 Å². The maximum atomic E-state index is 6.20. The Balaban J connectivity index is 1.68. The van der Waals surface area contributed by atoms with E-state index in [1.165, 1.54) is 12.8 Å². The fourth-order valence-electron chi connectivity index (χ4n) is 2.17. The lowest BCUT2D eigenvalue weighted by Crippen LogP contribution is -2.16. The number of pyridine rings is 1. The second-order valence-electron chi connectivity index (χ2n) is 5.44. The van der Waals surface area contributed by atoms with E-state index in [0.717, 1.165) is 17.7 Å². The maximum absolute atomic E-state index is 6.20. The Labute approximate surface area is 130 Å². The third-order valence-corrected chi connectivity index (χ3v) is 3.97. The van der Waals surface area contributed by atoms with E-state index in [4.69, 9.17) is 16.3 Å². The van der Waals surface area contributed by atoms with E-state index in [-0.39, 0.29) is 6.10 Å². The van der Waals surface area contributed by atoms with E-state index in [2.05, 4.69) is 22.4 Å². The molecule has 2 aromatic rings. The molecule has 21 heavy (non-hydrogen) atoms. The van der Waals surface area contributed by atoms with Gasteiger partial charge in [-0.25, -0.2) is 4.98 Å². The summed E-state index contributed by atoms with van der Waals surface area (Å²) in [5, 5.41) is 4.14. The van der Waals surface area contributed by atoms with Gasteiger partial charge in [0.25, 0.3) is 0 Å². The van der Waals surface area contributed by atoms with Gasteiger partial charge in [-0.15, -0.1) is 0 Å². The standard InChI is InChI=1S/C17H19ClN2O/c1-12(13-5-3-2-4-6-13)21-17-9-14(16(18)11-20-17)10-19-15-7-8-15/h2-6,9,11-12,15,19H,7-8,10H2,1H3. The smallest absolute Gasteiger partial charge is 0.214 e. The molecule has 4 heteroatoms. The molecule has 1 fully saturated rings. The van der Waals surface area contributed by atoms with E-state index < -0.39 is 0 Å². The Morgan fingerprint density at radius 1 is 1.33 bits per heavy atom. The molecule has 3 rings (SSSR count). The SMILES string of the molecule is CC(Oc1cc(CNC2CC2)c(Cl)cn1)c1ccccc1. The number of aromatic nitrogens is 1. The van der Waals surface area contributed by atoms with E-state index in [1.807, 2.05) is 31.2 Å². The van der Waals surface area contributed by atoms with Crippen molar-refractivity contribution in [3.63, 3.8) is 0 Å². The third-order valence-electron chi connectivity index (χ3n) is 3.63. The van der Waals surface area contributed by atoms with Gasteiger partial charge in [0.2, 0.25) is 5.88 Å². The van der Waals surface area contributed by atoms with Gasteiger partial charge in [-0.3, -0.25) is 0 Å². The molecule has 1 atom stereocenters. The first-order valence-electron chi connectivity index (χ1n) is 7.32. The van der Waals surface area contributed by atoms with Crippen LogP contribution in [0.15, 0.2) is 42.6 Å². The molecule has 1 heterocycles. The highest BCUT2D eigenvalue weighted by atomic mass is 35.5. The van der Waals surface area contributed by atoms with Gasteiger partial charge in [0.1, 0.15) is 6.10 Å². The second kappa shape index (κ2) is 6.46. The Hall–Kier alpha value is -1.58. The molecule has 0 spiro atoms. The van der Waals surface area contributed by atoms with E-state index in [1.54, 1.807) is 6.20 Å². The van der Waals surface area contributed by atoms with Crippen LogP contribution >= 0.6 is 11.6 Å². The van der Waals surface area contributed by atoms with Crippen LogP contribution < -0.4 is 10.1 Å². The molecular formula is C17H19ClN2O. The molecule has 0 saturated heterocycles. The molecule has 1 unspecified atom stereocenters. The van der Waals surface area contributed by atoms with Crippen molar-refractivity contribution < 1.29 is 4.74 Å². The topological polar surface area (TPSA) is 34.1 Å². The minimum atomic E-state index is -0.0379. The number of rotatable bonds is 6. The van der Waals surface area contributed by atoms with Gasteiger partial charge in [-0.05, 0) is 30.9 Å². The van der Waals surface area contributed by atoms with E-state index in [0.29, 0.717) is 16.9 Å². The number of nitrogens with zero attached hydrogens (tertiary/aromatic N) is 1. The molecule has 1 N–H and O–H groups in total. The molecule has 1 aliphatic carbocycles. The minimum Gasteiger partial charge on any atom is -0.470 e. The summed E-state index contributed by atoms with van der Waals surface area (Å²) in [6.45, 7) is 2.79.